The predicted octanol–water partition coefficient (Wildman–Crippen LogP) is 3.73. The summed E-state index contributed by atoms with van der Waals surface area (Å²) in [4.78, 5) is 25.9. The van der Waals surface area contributed by atoms with Crippen LogP contribution in [-0.4, -0.2) is 21.9 Å². The molecular formula is C14H20ClN3O3. The quantitative estimate of drug-likeness (QED) is 0.343. The zero-order valence-corrected chi connectivity index (χ0v) is 13.0. The van der Waals surface area contributed by atoms with Gasteiger partial charge in [-0.1, -0.05) is 44.2 Å². The predicted molar refractivity (Wildman–Crippen MR) is 81.6 cm³/mol. The van der Waals surface area contributed by atoms with E-state index >= 15 is 0 Å². The smallest absolute Gasteiger partial charge is 0.288 e. The summed E-state index contributed by atoms with van der Waals surface area (Å²) in [5, 5.41) is 13.5. The first kappa shape index (κ1) is 17.4. The molecule has 1 rings (SSSR count). The maximum Gasteiger partial charge on any atom is 0.288 e. The largest absolute Gasteiger partial charge is 0.349 e. The van der Waals surface area contributed by atoms with Crippen LogP contribution < -0.4 is 5.32 Å². The molecule has 21 heavy (non-hydrogen) atoms. The molecule has 0 aliphatic heterocycles. The van der Waals surface area contributed by atoms with Crippen LogP contribution in [0.15, 0.2) is 12.3 Å². The van der Waals surface area contributed by atoms with Crippen molar-refractivity contribution in [1.82, 2.24) is 10.3 Å². The molecule has 0 aliphatic carbocycles. The van der Waals surface area contributed by atoms with E-state index in [0.29, 0.717) is 0 Å². The van der Waals surface area contributed by atoms with E-state index in [1.54, 1.807) is 0 Å². The lowest BCUT2D eigenvalue weighted by Gasteiger charge is -2.14. The van der Waals surface area contributed by atoms with Gasteiger partial charge in [-0.15, -0.1) is 0 Å². The lowest BCUT2D eigenvalue weighted by atomic mass is 10.1. The lowest BCUT2D eigenvalue weighted by molar-refractivity contribution is -0.385. The van der Waals surface area contributed by atoms with Crippen molar-refractivity contribution in [3.63, 3.8) is 0 Å². The third kappa shape index (κ3) is 5.67. The number of nitrogens with zero attached hydrogens (tertiary/aromatic N) is 2. The van der Waals surface area contributed by atoms with Gasteiger partial charge >= 0.3 is 0 Å². The van der Waals surface area contributed by atoms with Crippen molar-refractivity contribution in [2.24, 2.45) is 0 Å². The van der Waals surface area contributed by atoms with E-state index in [-0.39, 0.29) is 22.4 Å². The minimum absolute atomic E-state index is 0.00955. The Labute approximate surface area is 129 Å². The molecule has 1 atom stereocenters. The van der Waals surface area contributed by atoms with Crippen LogP contribution in [0.4, 0.5) is 5.69 Å². The highest BCUT2D eigenvalue weighted by Gasteiger charge is 2.18. The number of hydrogen-bond acceptors (Lipinski definition) is 4. The molecule has 0 aliphatic rings. The number of carbonyl (C=O) groups is 1. The van der Waals surface area contributed by atoms with E-state index in [9.17, 15) is 14.9 Å². The molecule has 1 amide bonds. The van der Waals surface area contributed by atoms with Crippen molar-refractivity contribution in [2.75, 3.05) is 0 Å². The molecule has 0 saturated carbocycles. The molecule has 1 aromatic rings. The van der Waals surface area contributed by atoms with Crippen LogP contribution in [0, 0.1) is 10.1 Å². The zero-order chi connectivity index (χ0) is 15.8. The standard InChI is InChI=1S/C14H20ClN3O3/c1-3-4-5-6-7-10(2)17-14(19)12-8-11(18(20)21)9-16-13(12)15/h8-10H,3-7H2,1-2H3,(H,17,19). The first-order chi connectivity index (χ1) is 9.95. The number of nitrogens with one attached hydrogen (secondary N) is 1. The minimum Gasteiger partial charge on any atom is -0.349 e. The molecule has 0 spiro atoms. The Bertz CT molecular complexity index is 508. The van der Waals surface area contributed by atoms with Gasteiger partial charge in [0.15, 0.2) is 0 Å². The van der Waals surface area contributed by atoms with E-state index in [4.69, 9.17) is 11.6 Å². The fourth-order valence-corrected chi connectivity index (χ4v) is 2.14. The van der Waals surface area contributed by atoms with E-state index in [1.807, 2.05) is 6.92 Å². The Morgan fingerprint density at radius 1 is 1.48 bits per heavy atom. The highest BCUT2D eigenvalue weighted by Crippen LogP contribution is 2.19. The summed E-state index contributed by atoms with van der Waals surface area (Å²) < 4.78 is 0. The molecule has 1 heterocycles. The number of halogens is 1. The normalized spacial score (nSPS) is 12.0. The summed E-state index contributed by atoms with van der Waals surface area (Å²) in [6, 6.07) is 1.14. The topological polar surface area (TPSA) is 85.1 Å². The van der Waals surface area contributed by atoms with Crippen LogP contribution in [0.5, 0.6) is 0 Å². The van der Waals surface area contributed by atoms with Crippen molar-refractivity contribution in [3.8, 4) is 0 Å². The lowest BCUT2D eigenvalue weighted by Crippen LogP contribution is -2.32. The molecule has 0 saturated heterocycles. The fourth-order valence-electron chi connectivity index (χ4n) is 1.95. The fraction of sp³-hybridized carbons (Fsp3) is 0.571. The summed E-state index contributed by atoms with van der Waals surface area (Å²) >= 11 is 5.83. The number of amides is 1. The van der Waals surface area contributed by atoms with Gasteiger partial charge in [0.1, 0.15) is 11.3 Å². The number of hydrogen-bond donors (Lipinski definition) is 1. The summed E-state index contributed by atoms with van der Waals surface area (Å²) in [5.74, 6) is -0.431. The summed E-state index contributed by atoms with van der Waals surface area (Å²) in [7, 11) is 0. The molecular weight excluding hydrogens is 294 g/mol. The summed E-state index contributed by atoms with van der Waals surface area (Å²) in [6.07, 6.45) is 6.42. The van der Waals surface area contributed by atoms with Crippen molar-refractivity contribution in [2.45, 2.75) is 52.0 Å². The molecule has 1 aromatic heterocycles. The van der Waals surface area contributed by atoms with Crippen LogP contribution in [0.25, 0.3) is 0 Å². The van der Waals surface area contributed by atoms with Gasteiger partial charge in [0.25, 0.3) is 11.6 Å². The Hall–Kier alpha value is -1.69. The van der Waals surface area contributed by atoms with E-state index in [1.165, 1.54) is 6.42 Å². The molecule has 7 heteroatoms. The second-order valence-electron chi connectivity index (χ2n) is 5.01. The molecule has 1 N–H and O–H groups in total. The number of carbonyl (C=O) groups excluding carboxylic acids is 1. The summed E-state index contributed by atoms with van der Waals surface area (Å²) in [5.41, 5.74) is -0.216. The van der Waals surface area contributed by atoms with Gasteiger partial charge in [0.05, 0.1) is 10.5 Å². The van der Waals surface area contributed by atoms with Crippen LogP contribution in [0.3, 0.4) is 0 Å². The third-order valence-electron chi connectivity index (χ3n) is 3.15. The number of unbranched alkanes of at least 4 members (excludes halogenated alkanes) is 3. The molecule has 6 nitrogen and oxygen atoms in total. The molecule has 1 unspecified atom stereocenters. The van der Waals surface area contributed by atoms with Gasteiger partial charge in [-0.2, -0.15) is 0 Å². The monoisotopic (exact) mass is 313 g/mol. The maximum atomic E-state index is 12.1. The molecule has 116 valence electrons. The highest BCUT2D eigenvalue weighted by molar-refractivity contribution is 6.32. The van der Waals surface area contributed by atoms with Crippen molar-refractivity contribution in [3.05, 3.63) is 33.1 Å². The minimum atomic E-state index is -0.603. The number of pyridine rings is 1. The molecule has 0 fully saturated rings. The van der Waals surface area contributed by atoms with E-state index in [2.05, 4.69) is 17.2 Å². The van der Waals surface area contributed by atoms with Gasteiger partial charge in [-0.3, -0.25) is 14.9 Å². The Morgan fingerprint density at radius 2 is 2.19 bits per heavy atom. The van der Waals surface area contributed by atoms with Gasteiger partial charge in [0, 0.05) is 12.1 Å². The average molecular weight is 314 g/mol. The van der Waals surface area contributed by atoms with Gasteiger partial charge in [0.2, 0.25) is 0 Å². The van der Waals surface area contributed by atoms with Gasteiger partial charge in [-0.25, -0.2) is 4.98 Å². The van der Waals surface area contributed by atoms with Crippen molar-refractivity contribution >= 4 is 23.2 Å². The molecule has 0 radical (unpaired) electrons. The van der Waals surface area contributed by atoms with Crippen molar-refractivity contribution in [1.29, 1.82) is 0 Å². The van der Waals surface area contributed by atoms with E-state index in [0.717, 1.165) is 37.9 Å². The third-order valence-corrected chi connectivity index (χ3v) is 3.45. The number of aromatic nitrogens is 1. The van der Waals surface area contributed by atoms with Crippen LogP contribution in [0.1, 0.15) is 56.3 Å². The Kier molecular flexibility index (Phi) is 7.08. The van der Waals surface area contributed by atoms with Gasteiger partial charge in [-0.05, 0) is 13.3 Å². The number of rotatable bonds is 8. The van der Waals surface area contributed by atoms with Gasteiger partial charge < -0.3 is 5.32 Å². The average Bonchev–Trinajstić information content (AvgIpc) is 2.43. The Balaban J connectivity index is 2.62. The van der Waals surface area contributed by atoms with Crippen molar-refractivity contribution < 1.29 is 9.72 Å². The first-order valence-corrected chi connectivity index (χ1v) is 7.44. The summed E-state index contributed by atoms with van der Waals surface area (Å²) in [6.45, 7) is 4.05. The van der Waals surface area contributed by atoms with Crippen LogP contribution >= 0.6 is 11.6 Å². The van der Waals surface area contributed by atoms with E-state index < -0.39 is 10.8 Å². The molecule has 0 aromatic carbocycles. The Morgan fingerprint density at radius 3 is 2.81 bits per heavy atom. The van der Waals surface area contributed by atoms with Crippen LogP contribution in [0.2, 0.25) is 5.15 Å². The zero-order valence-electron chi connectivity index (χ0n) is 12.3. The SMILES string of the molecule is CCCCCCC(C)NC(=O)c1cc([N+](=O)[O-])cnc1Cl. The maximum absolute atomic E-state index is 12.1. The highest BCUT2D eigenvalue weighted by atomic mass is 35.5. The number of nitro groups is 1. The second-order valence-corrected chi connectivity index (χ2v) is 5.37. The molecule has 0 bridgehead atoms. The second kappa shape index (κ2) is 8.56. The first-order valence-electron chi connectivity index (χ1n) is 7.06. The van der Waals surface area contributed by atoms with Crippen LogP contribution in [-0.2, 0) is 0 Å².